The highest BCUT2D eigenvalue weighted by molar-refractivity contribution is 6.42. The lowest BCUT2D eigenvalue weighted by Crippen LogP contribution is -2.00. The lowest BCUT2D eigenvalue weighted by molar-refractivity contribution is 0.259. The molecule has 0 aliphatic rings. The number of hydrogen-bond acceptors (Lipinski definition) is 2. The first-order valence-electron chi connectivity index (χ1n) is 5.88. The molecule has 0 fully saturated rings. The Hall–Kier alpha value is -1.22. The second-order valence-corrected chi connectivity index (χ2v) is 5.06. The molecule has 19 heavy (non-hydrogen) atoms. The van der Waals surface area contributed by atoms with E-state index in [1.165, 1.54) is 0 Å². The zero-order valence-corrected chi connectivity index (χ0v) is 12.0. The van der Waals surface area contributed by atoms with E-state index in [-0.39, 0.29) is 6.61 Å². The Balaban J connectivity index is 2.17. The van der Waals surface area contributed by atoms with Crippen LogP contribution in [-0.4, -0.2) is 5.11 Å². The summed E-state index contributed by atoms with van der Waals surface area (Å²) < 4.78 is 5.70. The minimum Gasteiger partial charge on any atom is -0.488 e. The number of ether oxygens (including phenoxy) is 1. The molecule has 0 radical (unpaired) electrons. The first-order valence-corrected chi connectivity index (χ1v) is 6.63. The molecule has 0 aromatic heterocycles. The van der Waals surface area contributed by atoms with Crippen LogP contribution in [0.25, 0.3) is 0 Å². The van der Waals surface area contributed by atoms with Crippen LogP contribution >= 0.6 is 23.2 Å². The van der Waals surface area contributed by atoms with Crippen LogP contribution in [-0.2, 0) is 13.2 Å². The third-order valence-corrected chi connectivity index (χ3v) is 3.66. The lowest BCUT2D eigenvalue weighted by atomic mass is 10.1. The SMILES string of the molecule is Cc1ccc(OCc2cccc(Cl)c2Cl)c(CO)c1. The van der Waals surface area contributed by atoms with Crippen molar-refractivity contribution >= 4 is 23.2 Å². The molecule has 0 saturated carbocycles. The Bertz CT molecular complexity index is 582. The molecule has 2 aromatic carbocycles. The average molecular weight is 297 g/mol. The highest BCUT2D eigenvalue weighted by Crippen LogP contribution is 2.27. The maximum absolute atomic E-state index is 9.31. The van der Waals surface area contributed by atoms with Gasteiger partial charge in [-0.2, -0.15) is 0 Å². The molecule has 0 bridgehead atoms. The zero-order chi connectivity index (χ0) is 13.8. The van der Waals surface area contributed by atoms with Crippen LogP contribution in [0.1, 0.15) is 16.7 Å². The molecular weight excluding hydrogens is 283 g/mol. The third kappa shape index (κ3) is 3.41. The Morgan fingerprint density at radius 2 is 1.89 bits per heavy atom. The van der Waals surface area contributed by atoms with Crippen LogP contribution in [0.3, 0.4) is 0 Å². The molecule has 0 atom stereocenters. The second-order valence-electron chi connectivity index (χ2n) is 4.27. The number of halogens is 2. The smallest absolute Gasteiger partial charge is 0.125 e. The summed E-state index contributed by atoms with van der Waals surface area (Å²) in [5.74, 6) is 0.657. The first-order chi connectivity index (χ1) is 9.11. The summed E-state index contributed by atoms with van der Waals surface area (Å²) in [5, 5.41) is 10.3. The van der Waals surface area contributed by atoms with Crippen LogP contribution < -0.4 is 4.74 Å². The molecule has 0 heterocycles. The molecule has 4 heteroatoms. The molecule has 0 aliphatic heterocycles. The molecule has 0 amide bonds. The molecular formula is C15H14Cl2O2. The topological polar surface area (TPSA) is 29.5 Å². The quantitative estimate of drug-likeness (QED) is 0.908. The number of aryl methyl sites for hydroxylation is 1. The monoisotopic (exact) mass is 296 g/mol. The maximum atomic E-state index is 9.31. The third-order valence-electron chi connectivity index (χ3n) is 2.80. The van der Waals surface area contributed by atoms with E-state index in [9.17, 15) is 5.11 Å². The molecule has 0 saturated heterocycles. The number of rotatable bonds is 4. The largest absolute Gasteiger partial charge is 0.488 e. The molecule has 2 rings (SSSR count). The molecule has 0 spiro atoms. The van der Waals surface area contributed by atoms with Gasteiger partial charge in [0.05, 0.1) is 16.7 Å². The fraction of sp³-hybridized carbons (Fsp3) is 0.200. The summed E-state index contributed by atoms with van der Waals surface area (Å²) in [6.45, 7) is 2.23. The minimum atomic E-state index is -0.0553. The van der Waals surface area contributed by atoms with Gasteiger partial charge < -0.3 is 9.84 Å². The van der Waals surface area contributed by atoms with Crippen LogP contribution in [0, 0.1) is 6.92 Å². The van der Waals surface area contributed by atoms with E-state index in [0.29, 0.717) is 22.4 Å². The average Bonchev–Trinajstić information content (AvgIpc) is 2.41. The Labute approximate surface area is 122 Å². The van der Waals surface area contributed by atoms with E-state index in [2.05, 4.69) is 0 Å². The van der Waals surface area contributed by atoms with Crippen molar-refractivity contribution in [2.24, 2.45) is 0 Å². The Morgan fingerprint density at radius 1 is 1.11 bits per heavy atom. The summed E-state index contributed by atoms with van der Waals surface area (Å²) >= 11 is 12.0. The van der Waals surface area contributed by atoms with Gasteiger partial charge in [0, 0.05) is 11.1 Å². The van der Waals surface area contributed by atoms with E-state index < -0.39 is 0 Å². The number of aliphatic hydroxyl groups is 1. The first kappa shape index (κ1) is 14.2. The van der Waals surface area contributed by atoms with E-state index in [4.69, 9.17) is 27.9 Å². The van der Waals surface area contributed by atoms with Crippen molar-refractivity contribution in [3.63, 3.8) is 0 Å². The molecule has 1 N–H and O–H groups in total. The highest BCUT2D eigenvalue weighted by Gasteiger charge is 2.07. The van der Waals surface area contributed by atoms with E-state index in [1.807, 2.05) is 37.3 Å². The molecule has 0 unspecified atom stereocenters. The number of aliphatic hydroxyl groups excluding tert-OH is 1. The van der Waals surface area contributed by atoms with E-state index in [1.54, 1.807) is 6.07 Å². The fourth-order valence-electron chi connectivity index (χ4n) is 1.79. The van der Waals surface area contributed by atoms with Gasteiger partial charge in [-0.15, -0.1) is 0 Å². The minimum absolute atomic E-state index is 0.0553. The van der Waals surface area contributed by atoms with Gasteiger partial charge in [-0.05, 0) is 19.1 Å². The van der Waals surface area contributed by atoms with Gasteiger partial charge in [-0.3, -0.25) is 0 Å². The van der Waals surface area contributed by atoms with Crippen molar-refractivity contribution in [2.45, 2.75) is 20.1 Å². The normalized spacial score (nSPS) is 10.5. The van der Waals surface area contributed by atoms with Crippen molar-refractivity contribution in [2.75, 3.05) is 0 Å². The zero-order valence-electron chi connectivity index (χ0n) is 10.5. The van der Waals surface area contributed by atoms with E-state index in [0.717, 1.165) is 16.7 Å². The van der Waals surface area contributed by atoms with Gasteiger partial charge >= 0.3 is 0 Å². The lowest BCUT2D eigenvalue weighted by Gasteiger charge is -2.12. The van der Waals surface area contributed by atoms with Crippen molar-refractivity contribution in [3.05, 3.63) is 63.1 Å². The van der Waals surface area contributed by atoms with Crippen molar-refractivity contribution in [3.8, 4) is 5.75 Å². The summed E-state index contributed by atoms with van der Waals surface area (Å²) in [6.07, 6.45) is 0. The van der Waals surface area contributed by atoms with Crippen molar-refractivity contribution in [1.82, 2.24) is 0 Å². The van der Waals surface area contributed by atoms with Crippen LogP contribution in [0.4, 0.5) is 0 Å². The standard InChI is InChI=1S/C15H14Cl2O2/c1-10-5-6-14(12(7-10)8-18)19-9-11-3-2-4-13(16)15(11)17/h2-7,18H,8-9H2,1H3. The summed E-state index contributed by atoms with van der Waals surface area (Å²) in [4.78, 5) is 0. The second kappa shape index (κ2) is 6.29. The van der Waals surface area contributed by atoms with Crippen molar-refractivity contribution in [1.29, 1.82) is 0 Å². The summed E-state index contributed by atoms with van der Waals surface area (Å²) in [7, 11) is 0. The number of hydrogen-bond donors (Lipinski definition) is 1. The molecule has 100 valence electrons. The highest BCUT2D eigenvalue weighted by atomic mass is 35.5. The fourth-order valence-corrected chi connectivity index (χ4v) is 2.16. The maximum Gasteiger partial charge on any atom is 0.125 e. The predicted octanol–water partition coefficient (Wildman–Crippen LogP) is 4.37. The van der Waals surface area contributed by atoms with Gasteiger partial charge in [0.1, 0.15) is 12.4 Å². The summed E-state index contributed by atoms with van der Waals surface area (Å²) in [5.41, 5.74) is 2.66. The van der Waals surface area contributed by atoms with Gasteiger partial charge in [0.2, 0.25) is 0 Å². The van der Waals surface area contributed by atoms with Crippen molar-refractivity contribution < 1.29 is 9.84 Å². The molecule has 2 nitrogen and oxygen atoms in total. The van der Waals surface area contributed by atoms with E-state index >= 15 is 0 Å². The summed E-state index contributed by atoms with van der Waals surface area (Å²) in [6, 6.07) is 11.1. The Kier molecular flexibility index (Phi) is 4.70. The Morgan fingerprint density at radius 3 is 2.63 bits per heavy atom. The van der Waals surface area contributed by atoms with Gasteiger partial charge in [-0.25, -0.2) is 0 Å². The molecule has 2 aromatic rings. The van der Waals surface area contributed by atoms with Gasteiger partial charge in [-0.1, -0.05) is 53.0 Å². The van der Waals surface area contributed by atoms with Gasteiger partial charge in [0.25, 0.3) is 0 Å². The van der Waals surface area contributed by atoms with Crippen LogP contribution in [0.2, 0.25) is 10.0 Å². The van der Waals surface area contributed by atoms with Crippen LogP contribution in [0.5, 0.6) is 5.75 Å². The van der Waals surface area contributed by atoms with Gasteiger partial charge in [0.15, 0.2) is 0 Å². The predicted molar refractivity (Wildman–Crippen MR) is 77.9 cm³/mol. The molecule has 0 aliphatic carbocycles. The number of benzene rings is 2. The van der Waals surface area contributed by atoms with Crippen LogP contribution in [0.15, 0.2) is 36.4 Å².